The number of carboxylic acid groups (broad SMARTS) is 1. The van der Waals surface area contributed by atoms with Crippen LogP contribution in [0, 0.1) is 30.9 Å². The minimum atomic E-state index is -0.941. The van der Waals surface area contributed by atoms with Gasteiger partial charge in [0.2, 0.25) is 0 Å². The van der Waals surface area contributed by atoms with Gasteiger partial charge in [-0.1, -0.05) is 19.9 Å². The van der Waals surface area contributed by atoms with E-state index in [1.165, 1.54) is 6.07 Å². The SMILES string of the molecule is Cc1nc(C)c(-c2ccc(F)c(F)c2)c(N2CCC(C)(C)CC2)c1CC(=O)O. The van der Waals surface area contributed by atoms with Crippen molar-refractivity contribution in [3.05, 3.63) is 46.8 Å². The number of aromatic nitrogens is 1. The van der Waals surface area contributed by atoms with Gasteiger partial charge in [0.25, 0.3) is 0 Å². The van der Waals surface area contributed by atoms with Crippen LogP contribution >= 0.6 is 0 Å². The van der Waals surface area contributed by atoms with Gasteiger partial charge in [-0.3, -0.25) is 9.78 Å². The van der Waals surface area contributed by atoms with Gasteiger partial charge >= 0.3 is 5.97 Å². The molecule has 0 amide bonds. The lowest BCUT2D eigenvalue weighted by molar-refractivity contribution is -0.136. The Morgan fingerprint density at radius 3 is 2.36 bits per heavy atom. The average Bonchev–Trinajstić information content (AvgIpc) is 2.59. The van der Waals surface area contributed by atoms with E-state index < -0.39 is 17.6 Å². The number of halogens is 2. The van der Waals surface area contributed by atoms with Crippen LogP contribution in [-0.2, 0) is 11.2 Å². The molecule has 1 fully saturated rings. The van der Waals surface area contributed by atoms with E-state index in [0.29, 0.717) is 28.1 Å². The van der Waals surface area contributed by atoms with Gasteiger partial charge in [0.15, 0.2) is 11.6 Å². The molecular formula is C22H26F2N2O2. The highest BCUT2D eigenvalue weighted by molar-refractivity contribution is 5.86. The van der Waals surface area contributed by atoms with Crippen LogP contribution in [-0.4, -0.2) is 29.1 Å². The number of carbonyl (C=O) groups is 1. The number of pyridine rings is 1. The second-order valence-electron chi connectivity index (χ2n) is 8.34. The average molecular weight is 388 g/mol. The van der Waals surface area contributed by atoms with Gasteiger partial charge in [-0.05, 0) is 49.8 Å². The predicted molar refractivity (Wildman–Crippen MR) is 106 cm³/mol. The highest BCUT2D eigenvalue weighted by Gasteiger charge is 2.30. The Balaban J connectivity index is 2.22. The van der Waals surface area contributed by atoms with E-state index in [-0.39, 0.29) is 11.8 Å². The van der Waals surface area contributed by atoms with E-state index in [0.717, 1.165) is 43.8 Å². The summed E-state index contributed by atoms with van der Waals surface area (Å²) in [5, 5.41) is 9.45. The molecule has 2 heterocycles. The molecule has 4 nitrogen and oxygen atoms in total. The minimum absolute atomic E-state index is 0.162. The Morgan fingerprint density at radius 1 is 1.14 bits per heavy atom. The van der Waals surface area contributed by atoms with Crippen molar-refractivity contribution in [2.45, 2.75) is 47.0 Å². The zero-order valence-corrected chi connectivity index (χ0v) is 16.8. The lowest BCUT2D eigenvalue weighted by Crippen LogP contribution is -2.38. The molecule has 0 radical (unpaired) electrons. The van der Waals surface area contributed by atoms with Crippen LogP contribution in [0.5, 0.6) is 0 Å². The highest BCUT2D eigenvalue weighted by Crippen LogP contribution is 2.41. The first-order valence-electron chi connectivity index (χ1n) is 9.51. The summed E-state index contributed by atoms with van der Waals surface area (Å²) in [5.41, 5.74) is 4.17. The van der Waals surface area contributed by atoms with Crippen LogP contribution in [0.3, 0.4) is 0 Å². The number of aryl methyl sites for hydroxylation is 2. The highest BCUT2D eigenvalue weighted by atomic mass is 19.2. The first-order chi connectivity index (χ1) is 13.1. The first kappa shape index (κ1) is 20.2. The van der Waals surface area contributed by atoms with Gasteiger partial charge in [-0.15, -0.1) is 0 Å². The maximum atomic E-state index is 14.0. The topological polar surface area (TPSA) is 53.4 Å². The Kier molecular flexibility index (Phi) is 5.41. The van der Waals surface area contributed by atoms with E-state index in [2.05, 4.69) is 23.7 Å². The monoisotopic (exact) mass is 388 g/mol. The predicted octanol–water partition coefficient (Wildman–Crippen LogP) is 4.90. The van der Waals surface area contributed by atoms with Crippen LogP contribution in [0.15, 0.2) is 18.2 Å². The van der Waals surface area contributed by atoms with E-state index in [1.54, 1.807) is 6.92 Å². The summed E-state index contributed by atoms with van der Waals surface area (Å²) in [5.74, 6) is -2.78. The fourth-order valence-electron chi connectivity index (χ4n) is 3.91. The quantitative estimate of drug-likeness (QED) is 0.810. The summed E-state index contributed by atoms with van der Waals surface area (Å²) in [6, 6.07) is 3.79. The molecule has 0 atom stereocenters. The van der Waals surface area contributed by atoms with Crippen molar-refractivity contribution in [3.63, 3.8) is 0 Å². The van der Waals surface area contributed by atoms with E-state index in [1.807, 2.05) is 6.92 Å². The molecule has 1 aliphatic heterocycles. The zero-order chi connectivity index (χ0) is 20.6. The maximum absolute atomic E-state index is 14.0. The summed E-state index contributed by atoms with van der Waals surface area (Å²) >= 11 is 0. The molecule has 28 heavy (non-hydrogen) atoms. The summed E-state index contributed by atoms with van der Waals surface area (Å²) in [6.45, 7) is 9.63. The van der Waals surface area contributed by atoms with Gasteiger partial charge in [-0.25, -0.2) is 8.78 Å². The Bertz CT molecular complexity index is 915. The number of rotatable bonds is 4. The smallest absolute Gasteiger partial charge is 0.307 e. The van der Waals surface area contributed by atoms with Crippen LogP contribution in [0.1, 0.15) is 43.6 Å². The van der Waals surface area contributed by atoms with Crippen LogP contribution in [0.25, 0.3) is 11.1 Å². The normalized spacial score (nSPS) is 16.3. The molecule has 0 saturated carbocycles. The molecule has 1 saturated heterocycles. The number of aliphatic carboxylic acids is 1. The Morgan fingerprint density at radius 2 is 1.79 bits per heavy atom. The van der Waals surface area contributed by atoms with Gasteiger partial charge in [0.05, 0.1) is 12.1 Å². The third-order valence-corrected chi connectivity index (χ3v) is 5.63. The third-order valence-electron chi connectivity index (χ3n) is 5.63. The van der Waals surface area contributed by atoms with E-state index >= 15 is 0 Å². The lowest BCUT2D eigenvalue weighted by Gasteiger charge is -2.40. The summed E-state index contributed by atoms with van der Waals surface area (Å²) in [6.07, 6.45) is 1.78. The number of carboxylic acids is 1. The molecule has 2 aromatic rings. The molecule has 0 aliphatic carbocycles. The standard InChI is InChI=1S/C22H26F2N2O2/c1-13-16(12-19(27)28)21(26-9-7-22(3,4)8-10-26)20(14(2)25-13)15-5-6-17(23)18(24)11-15/h5-6,11H,7-10,12H2,1-4H3,(H,27,28). The molecule has 0 bridgehead atoms. The van der Waals surface area contributed by atoms with Gasteiger partial charge in [0, 0.05) is 35.6 Å². The van der Waals surface area contributed by atoms with Gasteiger partial charge in [-0.2, -0.15) is 0 Å². The van der Waals surface area contributed by atoms with Crippen molar-refractivity contribution >= 4 is 11.7 Å². The van der Waals surface area contributed by atoms with Crippen molar-refractivity contribution in [3.8, 4) is 11.1 Å². The van der Waals surface area contributed by atoms with Crippen molar-refractivity contribution in [1.29, 1.82) is 0 Å². The lowest BCUT2D eigenvalue weighted by atomic mass is 9.82. The number of hydrogen-bond donors (Lipinski definition) is 1. The number of anilines is 1. The summed E-state index contributed by atoms with van der Waals surface area (Å²) < 4.78 is 27.5. The minimum Gasteiger partial charge on any atom is -0.481 e. The number of benzene rings is 1. The summed E-state index contributed by atoms with van der Waals surface area (Å²) in [7, 11) is 0. The van der Waals surface area contributed by atoms with Crippen molar-refractivity contribution < 1.29 is 18.7 Å². The van der Waals surface area contributed by atoms with E-state index in [4.69, 9.17) is 0 Å². The number of nitrogens with zero attached hydrogens (tertiary/aromatic N) is 2. The Hall–Kier alpha value is -2.50. The second-order valence-corrected chi connectivity index (χ2v) is 8.34. The van der Waals surface area contributed by atoms with Crippen LogP contribution in [0.4, 0.5) is 14.5 Å². The molecule has 0 spiro atoms. The molecule has 1 aromatic heterocycles. The summed E-state index contributed by atoms with van der Waals surface area (Å²) in [4.78, 5) is 18.2. The largest absolute Gasteiger partial charge is 0.481 e. The number of piperidine rings is 1. The molecule has 1 aromatic carbocycles. The van der Waals surface area contributed by atoms with Crippen molar-refractivity contribution in [2.24, 2.45) is 5.41 Å². The molecular weight excluding hydrogens is 362 g/mol. The zero-order valence-electron chi connectivity index (χ0n) is 16.8. The third kappa shape index (κ3) is 4.01. The van der Waals surface area contributed by atoms with Crippen molar-refractivity contribution in [2.75, 3.05) is 18.0 Å². The molecule has 1 N–H and O–H groups in total. The first-order valence-corrected chi connectivity index (χ1v) is 9.51. The van der Waals surface area contributed by atoms with Gasteiger partial charge < -0.3 is 10.0 Å². The van der Waals surface area contributed by atoms with Crippen molar-refractivity contribution in [1.82, 2.24) is 4.98 Å². The van der Waals surface area contributed by atoms with Crippen LogP contribution in [0.2, 0.25) is 0 Å². The molecule has 6 heteroatoms. The number of hydrogen-bond acceptors (Lipinski definition) is 3. The van der Waals surface area contributed by atoms with E-state index in [9.17, 15) is 18.7 Å². The molecule has 0 unspecified atom stereocenters. The molecule has 3 rings (SSSR count). The van der Waals surface area contributed by atoms with Gasteiger partial charge in [0.1, 0.15) is 0 Å². The fourth-order valence-corrected chi connectivity index (χ4v) is 3.91. The fraction of sp³-hybridized carbons (Fsp3) is 0.455. The second kappa shape index (κ2) is 7.49. The Labute approximate surface area is 164 Å². The van der Waals surface area contributed by atoms with Crippen LogP contribution < -0.4 is 4.90 Å². The molecule has 1 aliphatic rings. The molecule has 150 valence electrons. The maximum Gasteiger partial charge on any atom is 0.307 e.